The van der Waals surface area contributed by atoms with Gasteiger partial charge in [0.2, 0.25) is 6.79 Å². The first kappa shape index (κ1) is 13.3. The second kappa shape index (κ2) is 5.75. The van der Waals surface area contributed by atoms with Crippen LogP contribution in [0.2, 0.25) is 0 Å². The Bertz CT molecular complexity index is 638. The van der Waals surface area contributed by atoms with Crippen LogP contribution in [0.5, 0.6) is 23.0 Å². The first-order valence-corrected chi connectivity index (χ1v) is 6.55. The molecular formula is C16H14O5. The van der Waals surface area contributed by atoms with Crippen LogP contribution in [0, 0.1) is 0 Å². The van der Waals surface area contributed by atoms with Crippen molar-refractivity contribution in [2.24, 2.45) is 0 Å². The minimum atomic E-state index is -0.710. The Morgan fingerprint density at radius 1 is 1.05 bits per heavy atom. The molecule has 5 heteroatoms. The van der Waals surface area contributed by atoms with Crippen LogP contribution in [-0.2, 0) is 4.79 Å². The zero-order valence-electron chi connectivity index (χ0n) is 11.4. The third kappa shape index (κ3) is 3.08. The predicted octanol–water partition coefficient (Wildman–Crippen LogP) is 2.79. The van der Waals surface area contributed by atoms with Crippen molar-refractivity contribution in [3.63, 3.8) is 0 Å². The second-order valence-corrected chi connectivity index (χ2v) is 4.51. The van der Waals surface area contributed by atoms with Gasteiger partial charge in [-0.05, 0) is 31.2 Å². The van der Waals surface area contributed by atoms with E-state index in [9.17, 15) is 4.79 Å². The molecule has 0 bridgehead atoms. The highest BCUT2D eigenvalue weighted by Crippen LogP contribution is 2.35. The van der Waals surface area contributed by atoms with Gasteiger partial charge >= 0.3 is 5.97 Å². The van der Waals surface area contributed by atoms with E-state index in [0.29, 0.717) is 23.0 Å². The molecule has 1 atom stereocenters. The number of ether oxygens (including phenoxy) is 4. The van der Waals surface area contributed by atoms with Crippen LogP contribution in [-0.4, -0.2) is 18.9 Å². The van der Waals surface area contributed by atoms with Gasteiger partial charge in [0.15, 0.2) is 17.6 Å². The maximum atomic E-state index is 12.0. The highest BCUT2D eigenvalue weighted by molar-refractivity contribution is 5.77. The standard InChI is InChI=1S/C16H14O5/c1-11(20-12-5-3-2-4-6-12)16(17)21-13-7-8-14-15(9-13)19-10-18-14/h2-9,11H,10H2,1H3/t11-/m0/s1. The Kier molecular flexibility index (Phi) is 3.64. The third-order valence-electron chi connectivity index (χ3n) is 2.95. The normalized spacial score (nSPS) is 13.6. The molecule has 0 saturated carbocycles. The Morgan fingerprint density at radius 2 is 1.81 bits per heavy atom. The van der Waals surface area contributed by atoms with E-state index >= 15 is 0 Å². The quantitative estimate of drug-likeness (QED) is 0.639. The van der Waals surface area contributed by atoms with Crippen LogP contribution >= 0.6 is 0 Å². The highest BCUT2D eigenvalue weighted by Gasteiger charge is 2.19. The molecule has 0 aromatic heterocycles. The number of esters is 1. The first-order valence-electron chi connectivity index (χ1n) is 6.55. The Labute approximate surface area is 122 Å². The SMILES string of the molecule is C[C@H](Oc1ccccc1)C(=O)Oc1ccc2c(c1)OCO2. The van der Waals surface area contributed by atoms with Crippen LogP contribution in [0.3, 0.4) is 0 Å². The number of rotatable bonds is 4. The van der Waals surface area contributed by atoms with Gasteiger partial charge in [-0.15, -0.1) is 0 Å². The summed E-state index contributed by atoms with van der Waals surface area (Å²) < 4.78 is 21.2. The monoisotopic (exact) mass is 286 g/mol. The number of hydrogen-bond donors (Lipinski definition) is 0. The van der Waals surface area contributed by atoms with E-state index in [2.05, 4.69) is 0 Å². The molecule has 0 unspecified atom stereocenters. The molecule has 2 aromatic rings. The Hall–Kier alpha value is -2.69. The molecule has 108 valence electrons. The fraction of sp³-hybridized carbons (Fsp3) is 0.188. The fourth-order valence-corrected chi connectivity index (χ4v) is 1.89. The van der Waals surface area contributed by atoms with Gasteiger partial charge in [-0.2, -0.15) is 0 Å². The summed E-state index contributed by atoms with van der Waals surface area (Å²) in [6, 6.07) is 14.1. The highest BCUT2D eigenvalue weighted by atomic mass is 16.7. The summed E-state index contributed by atoms with van der Waals surface area (Å²) in [5.41, 5.74) is 0. The zero-order valence-corrected chi connectivity index (χ0v) is 11.4. The van der Waals surface area contributed by atoms with Gasteiger partial charge in [0, 0.05) is 6.07 Å². The summed E-state index contributed by atoms with van der Waals surface area (Å²) in [7, 11) is 0. The second-order valence-electron chi connectivity index (χ2n) is 4.51. The van der Waals surface area contributed by atoms with Crippen molar-refractivity contribution in [3.05, 3.63) is 48.5 Å². The lowest BCUT2D eigenvalue weighted by Crippen LogP contribution is -2.28. The Morgan fingerprint density at radius 3 is 2.62 bits per heavy atom. The fourth-order valence-electron chi connectivity index (χ4n) is 1.89. The molecule has 2 aromatic carbocycles. The van der Waals surface area contributed by atoms with E-state index in [1.807, 2.05) is 18.2 Å². The molecule has 1 heterocycles. The summed E-state index contributed by atoms with van der Waals surface area (Å²) in [6.45, 7) is 1.82. The molecule has 0 spiro atoms. The summed E-state index contributed by atoms with van der Waals surface area (Å²) in [6.07, 6.45) is -0.710. The molecule has 3 rings (SSSR count). The number of carbonyl (C=O) groups excluding carboxylic acids is 1. The predicted molar refractivity (Wildman–Crippen MR) is 74.7 cm³/mol. The van der Waals surface area contributed by atoms with Crippen molar-refractivity contribution >= 4 is 5.97 Å². The van der Waals surface area contributed by atoms with Gasteiger partial charge in [0.25, 0.3) is 0 Å². The van der Waals surface area contributed by atoms with E-state index in [0.717, 1.165) is 0 Å². The molecular weight excluding hydrogens is 272 g/mol. The number of benzene rings is 2. The van der Waals surface area contributed by atoms with Crippen molar-refractivity contribution in [1.82, 2.24) is 0 Å². The van der Waals surface area contributed by atoms with Gasteiger partial charge in [0.05, 0.1) is 0 Å². The lowest BCUT2D eigenvalue weighted by Gasteiger charge is -2.13. The van der Waals surface area contributed by atoms with Crippen molar-refractivity contribution < 1.29 is 23.7 Å². The first-order chi connectivity index (χ1) is 10.2. The zero-order chi connectivity index (χ0) is 14.7. The van der Waals surface area contributed by atoms with Crippen molar-refractivity contribution in [3.8, 4) is 23.0 Å². The average Bonchev–Trinajstić information content (AvgIpc) is 2.95. The average molecular weight is 286 g/mol. The number of fused-ring (bicyclic) bond motifs is 1. The third-order valence-corrected chi connectivity index (χ3v) is 2.95. The maximum absolute atomic E-state index is 12.0. The van der Waals surface area contributed by atoms with E-state index in [-0.39, 0.29) is 6.79 Å². The van der Waals surface area contributed by atoms with E-state index in [1.165, 1.54) is 0 Å². The van der Waals surface area contributed by atoms with Gasteiger partial charge in [-0.25, -0.2) is 4.79 Å². The van der Waals surface area contributed by atoms with Crippen LogP contribution in [0.15, 0.2) is 48.5 Å². The van der Waals surface area contributed by atoms with E-state index in [4.69, 9.17) is 18.9 Å². The molecule has 0 radical (unpaired) electrons. The van der Waals surface area contributed by atoms with Crippen LogP contribution in [0.4, 0.5) is 0 Å². The van der Waals surface area contributed by atoms with Crippen molar-refractivity contribution in [2.45, 2.75) is 13.0 Å². The van der Waals surface area contributed by atoms with Gasteiger partial charge in [0.1, 0.15) is 11.5 Å². The molecule has 0 fully saturated rings. The maximum Gasteiger partial charge on any atom is 0.352 e. The summed E-state index contributed by atoms with van der Waals surface area (Å²) >= 11 is 0. The minimum Gasteiger partial charge on any atom is -0.479 e. The number of carbonyl (C=O) groups is 1. The van der Waals surface area contributed by atoms with Crippen LogP contribution in [0.1, 0.15) is 6.92 Å². The molecule has 1 aliphatic rings. The molecule has 0 N–H and O–H groups in total. The van der Waals surface area contributed by atoms with Crippen molar-refractivity contribution in [1.29, 1.82) is 0 Å². The van der Waals surface area contributed by atoms with Crippen molar-refractivity contribution in [2.75, 3.05) is 6.79 Å². The van der Waals surface area contributed by atoms with Crippen LogP contribution < -0.4 is 18.9 Å². The van der Waals surface area contributed by atoms with E-state index in [1.54, 1.807) is 37.3 Å². The summed E-state index contributed by atoms with van der Waals surface area (Å²) in [4.78, 5) is 12.0. The number of hydrogen-bond acceptors (Lipinski definition) is 5. The molecule has 1 aliphatic heterocycles. The van der Waals surface area contributed by atoms with Gasteiger partial charge in [-0.3, -0.25) is 0 Å². The molecule has 21 heavy (non-hydrogen) atoms. The molecule has 0 saturated heterocycles. The lowest BCUT2D eigenvalue weighted by molar-refractivity contribution is -0.141. The van der Waals surface area contributed by atoms with Gasteiger partial charge < -0.3 is 18.9 Å². The molecule has 0 amide bonds. The smallest absolute Gasteiger partial charge is 0.352 e. The summed E-state index contributed by atoms with van der Waals surface area (Å²) in [5.74, 6) is 1.75. The Balaban J connectivity index is 1.63. The largest absolute Gasteiger partial charge is 0.479 e. The van der Waals surface area contributed by atoms with E-state index < -0.39 is 12.1 Å². The molecule has 0 aliphatic carbocycles. The topological polar surface area (TPSA) is 54.0 Å². The minimum absolute atomic E-state index is 0.181. The van der Waals surface area contributed by atoms with Crippen LogP contribution in [0.25, 0.3) is 0 Å². The summed E-state index contributed by atoms with van der Waals surface area (Å²) in [5, 5.41) is 0. The lowest BCUT2D eigenvalue weighted by atomic mass is 10.3. The molecule has 5 nitrogen and oxygen atoms in total. The number of para-hydroxylation sites is 1. The van der Waals surface area contributed by atoms with Gasteiger partial charge in [-0.1, -0.05) is 18.2 Å².